The van der Waals surface area contributed by atoms with E-state index in [0.29, 0.717) is 23.9 Å². The van der Waals surface area contributed by atoms with Crippen LogP contribution in [0.1, 0.15) is 39.2 Å². The molecular weight excluding hydrogens is 408 g/mol. The summed E-state index contributed by atoms with van der Waals surface area (Å²) in [5, 5.41) is 5.82. The lowest BCUT2D eigenvalue weighted by molar-refractivity contribution is 0.423. The summed E-state index contributed by atoms with van der Waals surface area (Å²) in [7, 11) is -3.62. The Bertz CT molecular complexity index is 1130. The van der Waals surface area contributed by atoms with Crippen LogP contribution in [-0.4, -0.2) is 42.1 Å². The highest BCUT2D eigenvalue weighted by molar-refractivity contribution is 7.89. The number of hydrogen-bond acceptors (Lipinski definition) is 4. The van der Waals surface area contributed by atoms with Gasteiger partial charge in [0.05, 0.1) is 10.4 Å². The zero-order valence-electron chi connectivity index (χ0n) is 18.7. The third-order valence-electron chi connectivity index (χ3n) is 6.09. The van der Waals surface area contributed by atoms with E-state index in [1.165, 1.54) is 17.1 Å². The van der Waals surface area contributed by atoms with E-state index in [0.717, 1.165) is 41.9 Å². The molecule has 166 valence electrons. The molecule has 0 spiro atoms. The van der Waals surface area contributed by atoms with Crippen LogP contribution in [0.25, 0.3) is 10.9 Å². The first kappa shape index (κ1) is 21.8. The van der Waals surface area contributed by atoms with Crippen molar-refractivity contribution in [2.45, 2.75) is 51.6 Å². The summed E-state index contributed by atoms with van der Waals surface area (Å²) in [4.78, 5) is 2.53. The molecule has 1 saturated carbocycles. The van der Waals surface area contributed by atoms with E-state index in [1.54, 1.807) is 6.07 Å². The fraction of sp³-hybridized carbons (Fsp3) is 0.458. The summed E-state index contributed by atoms with van der Waals surface area (Å²) in [6.07, 6.45) is 2.50. The highest BCUT2D eigenvalue weighted by Gasteiger charge is 2.27. The van der Waals surface area contributed by atoms with Gasteiger partial charge in [0.2, 0.25) is 10.0 Å². The van der Waals surface area contributed by atoms with Crippen molar-refractivity contribution in [1.82, 2.24) is 14.1 Å². The van der Waals surface area contributed by atoms with Gasteiger partial charge in [-0.2, -0.15) is 9.40 Å². The van der Waals surface area contributed by atoms with Crippen LogP contribution in [0, 0.1) is 5.92 Å². The Kier molecular flexibility index (Phi) is 6.34. The number of rotatable bonds is 10. The van der Waals surface area contributed by atoms with Gasteiger partial charge in [-0.25, -0.2) is 8.42 Å². The van der Waals surface area contributed by atoms with Crippen LogP contribution in [0.4, 0.5) is 5.82 Å². The van der Waals surface area contributed by atoms with Gasteiger partial charge in [0.15, 0.2) is 5.82 Å². The van der Waals surface area contributed by atoms with Gasteiger partial charge in [0.1, 0.15) is 0 Å². The number of sulfonamides is 1. The largest absolute Gasteiger partial charge is 0.355 e. The molecule has 1 heterocycles. The number of aromatic nitrogens is 2. The SMILES string of the molecule is CCN(CC)c1nn(CC2CC2)c2ccc(S(=O)(=O)N(CC)Cc3ccccc3)cc12. The second-order valence-electron chi connectivity index (χ2n) is 8.22. The average molecular weight is 441 g/mol. The van der Waals surface area contributed by atoms with Gasteiger partial charge in [-0.05, 0) is 56.4 Å². The summed E-state index contributed by atoms with van der Waals surface area (Å²) < 4.78 is 30.6. The van der Waals surface area contributed by atoms with Gasteiger partial charge in [0.25, 0.3) is 0 Å². The molecule has 3 aromatic rings. The van der Waals surface area contributed by atoms with Gasteiger partial charge in [-0.1, -0.05) is 37.3 Å². The summed E-state index contributed by atoms with van der Waals surface area (Å²) in [6, 6.07) is 15.2. The molecule has 1 aliphatic rings. The van der Waals surface area contributed by atoms with E-state index in [2.05, 4.69) is 23.4 Å². The van der Waals surface area contributed by atoms with Crippen molar-refractivity contribution in [3.05, 3.63) is 54.1 Å². The minimum Gasteiger partial charge on any atom is -0.355 e. The van der Waals surface area contributed by atoms with E-state index in [4.69, 9.17) is 5.10 Å². The molecule has 0 aliphatic heterocycles. The second kappa shape index (κ2) is 9.01. The van der Waals surface area contributed by atoms with E-state index in [9.17, 15) is 8.42 Å². The standard InChI is InChI=1S/C24H32N4O2S/c1-4-26(5-2)24-22-16-21(14-15-23(22)28(25-24)18-20-12-13-20)31(29,30)27(6-3)17-19-10-8-7-9-11-19/h7-11,14-16,20H,4-6,12-13,17-18H2,1-3H3. The molecule has 1 aromatic heterocycles. The molecule has 0 bridgehead atoms. The Hall–Kier alpha value is -2.38. The Morgan fingerprint density at radius 3 is 2.32 bits per heavy atom. The zero-order valence-corrected chi connectivity index (χ0v) is 19.5. The maximum atomic E-state index is 13.5. The first-order chi connectivity index (χ1) is 15.0. The van der Waals surface area contributed by atoms with E-state index in [1.807, 2.05) is 49.4 Å². The van der Waals surface area contributed by atoms with E-state index in [-0.39, 0.29) is 0 Å². The molecular formula is C24H32N4O2S. The normalized spacial score (nSPS) is 14.5. The summed E-state index contributed by atoms with van der Waals surface area (Å²) in [5.74, 6) is 1.57. The molecule has 7 heteroatoms. The maximum Gasteiger partial charge on any atom is 0.243 e. The molecule has 0 atom stereocenters. The van der Waals surface area contributed by atoms with Crippen LogP contribution in [-0.2, 0) is 23.1 Å². The van der Waals surface area contributed by atoms with Gasteiger partial charge >= 0.3 is 0 Å². The maximum absolute atomic E-state index is 13.5. The Balaban J connectivity index is 1.75. The molecule has 4 rings (SSSR count). The quantitative estimate of drug-likeness (QED) is 0.466. The highest BCUT2D eigenvalue weighted by Crippen LogP contribution is 2.35. The monoisotopic (exact) mass is 440 g/mol. The number of fused-ring (bicyclic) bond motifs is 1. The van der Waals surface area contributed by atoms with Crippen LogP contribution in [0.3, 0.4) is 0 Å². The minimum atomic E-state index is -3.62. The van der Waals surface area contributed by atoms with Crippen LogP contribution in [0.5, 0.6) is 0 Å². The lowest BCUT2D eigenvalue weighted by atomic mass is 10.2. The molecule has 6 nitrogen and oxygen atoms in total. The predicted molar refractivity (Wildman–Crippen MR) is 126 cm³/mol. The summed E-state index contributed by atoms with van der Waals surface area (Å²) in [6.45, 7) is 9.44. The molecule has 0 saturated heterocycles. The van der Waals surface area contributed by atoms with Gasteiger partial charge in [-0.15, -0.1) is 0 Å². The number of nitrogens with zero attached hydrogens (tertiary/aromatic N) is 4. The molecule has 0 amide bonds. The Morgan fingerprint density at radius 2 is 1.71 bits per heavy atom. The van der Waals surface area contributed by atoms with Crippen molar-refractivity contribution in [2.75, 3.05) is 24.5 Å². The van der Waals surface area contributed by atoms with Crippen LogP contribution in [0.15, 0.2) is 53.4 Å². The molecule has 1 fully saturated rings. The third-order valence-corrected chi connectivity index (χ3v) is 8.00. The summed E-state index contributed by atoms with van der Waals surface area (Å²) in [5.41, 5.74) is 1.99. The van der Waals surface area contributed by atoms with E-state index >= 15 is 0 Å². The number of benzene rings is 2. The third kappa shape index (κ3) is 4.48. The second-order valence-corrected chi connectivity index (χ2v) is 10.2. The molecule has 31 heavy (non-hydrogen) atoms. The molecule has 0 radical (unpaired) electrons. The molecule has 2 aromatic carbocycles. The zero-order chi connectivity index (χ0) is 22.0. The van der Waals surface area contributed by atoms with Crippen molar-refractivity contribution >= 4 is 26.7 Å². The van der Waals surface area contributed by atoms with Crippen molar-refractivity contribution in [3.63, 3.8) is 0 Å². The van der Waals surface area contributed by atoms with Crippen LogP contribution in [0.2, 0.25) is 0 Å². The van der Waals surface area contributed by atoms with Crippen LogP contribution < -0.4 is 4.90 Å². The van der Waals surface area contributed by atoms with Gasteiger partial charge < -0.3 is 4.90 Å². The van der Waals surface area contributed by atoms with Crippen LogP contribution >= 0.6 is 0 Å². The highest BCUT2D eigenvalue weighted by atomic mass is 32.2. The predicted octanol–water partition coefficient (Wildman–Crippen LogP) is 4.50. The smallest absolute Gasteiger partial charge is 0.243 e. The van der Waals surface area contributed by atoms with Gasteiger partial charge in [0, 0.05) is 38.1 Å². The van der Waals surface area contributed by atoms with E-state index < -0.39 is 10.0 Å². The van der Waals surface area contributed by atoms with Gasteiger partial charge in [-0.3, -0.25) is 4.68 Å². The summed E-state index contributed by atoms with van der Waals surface area (Å²) >= 11 is 0. The van der Waals surface area contributed by atoms with Crippen molar-refractivity contribution < 1.29 is 8.42 Å². The lowest BCUT2D eigenvalue weighted by Gasteiger charge is -2.21. The topological polar surface area (TPSA) is 58.4 Å². The first-order valence-corrected chi connectivity index (χ1v) is 12.7. The molecule has 0 N–H and O–H groups in total. The Labute approximate surface area is 185 Å². The number of hydrogen-bond donors (Lipinski definition) is 0. The van der Waals surface area contributed by atoms with Crippen molar-refractivity contribution in [1.29, 1.82) is 0 Å². The minimum absolute atomic E-state index is 0.331. The average Bonchev–Trinajstić information content (AvgIpc) is 3.54. The lowest BCUT2D eigenvalue weighted by Crippen LogP contribution is -2.30. The molecule has 0 unspecified atom stereocenters. The van der Waals surface area contributed by atoms with Crippen molar-refractivity contribution in [2.24, 2.45) is 5.92 Å². The fourth-order valence-corrected chi connectivity index (χ4v) is 5.51. The molecule has 1 aliphatic carbocycles. The number of anilines is 1. The fourth-order valence-electron chi connectivity index (χ4n) is 4.05. The Morgan fingerprint density at radius 1 is 1.00 bits per heavy atom. The van der Waals surface area contributed by atoms with Crippen molar-refractivity contribution in [3.8, 4) is 0 Å². The first-order valence-electron chi connectivity index (χ1n) is 11.3.